The quantitative estimate of drug-likeness (QED) is 0.0381. The number of hydrogen-bond donors (Lipinski definition) is 3. The normalized spacial score (nSPS) is 21.3. The highest BCUT2D eigenvalue weighted by atomic mass is 35.5. The first-order valence-corrected chi connectivity index (χ1v) is 34.1. The average Bonchev–Trinajstić information content (AvgIpc) is 2.99. The fourth-order valence-electron chi connectivity index (χ4n) is 12.8. The number of sulfone groups is 1. The lowest BCUT2D eigenvalue weighted by atomic mass is 9.70. The van der Waals surface area contributed by atoms with Gasteiger partial charge < -0.3 is 24.8 Å². The predicted molar refractivity (Wildman–Crippen MR) is 331 cm³/mol. The number of piperidine rings is 2. The molecule has 3 amide bonds. The number of piperazine rings is 1. The minimum Gasteiger partial charge on any atom is -0.380 e. The van der Waals surface area contributed by atoms with Crippen molar-refractivity contribution in [3.05, 3.63) is 154 Å². The summed E-state index contributed by atoms with van der Waals surface area (Å²) in [6.45, 7) is 11.6. The second-order valence-corrected chi connectivity index (χ2v) is 28.9. The molecule has 3 atom stereocenters. The Morgan fingerprint density at radius 1 is 0.816 bits per heavy atom. The maximum absolute atomic E-state index is 15.4. The third kappa shape index (κ3) is 16.1. The largest absolute Gasteiger partial charge is 0.501 e. The van der Waals surface area contributed by atoms with Gasteiger partial charge in [-0.05, 0) is 171 Å². The Balaban J connectivity index is 0.763. The minimum atomic E-state index is -6.10. The molecule has 87 heavy (non-hydrogen) atoms. The lowest BCUT2D eigenvalue weighted by Gasteiger charge is -2.44. The molecular weight excluding hydrogens is 1200 g/mol. The molecule has 0 saturated carbocycles. The second kappa shape index (κ2) is 27.9. The third-order valence-electron chi connectivity index (χ3n) is 17.6. The SMILES string of the molecule is C[C@@]1(CN2CCC(c3cc(C4CCC(=O)NC4=O)ccc3F)CC2)CCC(c2ccc(Cl)cc2)=C(CN2CCN(c3ccc(C(=O)NS(=O)(=O)c4ccc(N[C@H](CCN5CCCOCC5)CSc5ccccc5)c(S(=O)(=O)C(F)(F)F)c4)cc3)CC2)C1. The number of likely N-dealkylation sites (tertiary alicyclic amines) is 1. The highest BCUT2D eigenvalue weighted by Crippen LogP contribution is 2.45. The van der Waals surface area contributed by atoms with Gasteiger partial charge >= 0.3 is 5.51 Å². The van der Waals surface area contributed by atoms with Gasteiger partial charge in [0, 0.05) is 105 Å². The van der Waals surface area contributed by atoms with Crippen LogP contribution in [0.4, 0.5) is 28.9 Å². The lowest BCUT2D eigenvalue weighted by Crippen LogP contribution is -2.48. The van der Waals surface area contributed by atoms with Crippen LogP contribution in [0.3, 0.4) is 0 Å². The zero-order chi connectivity index (χ0) is 61.5. The standard InChI is InChI=1S/C64H74ClF4N7O8S3/c1-63(43-75-28-23-45(24-29-75)56-38-47(12-19-57(56)66)55-18-21-60(77)71-62(55)79)26-22-54(44-8-13-49(65)14-9-44)48(40-63)41-74-31-33-76(34-32-74)51-15-10-46(11-16-51)61(78)72-87(82,83)53-17-20-58(59(39-53)86(80,81)64(67,68)69)70-50(42-85-52-6-3-2-4-7-52)25-30-73-27-5-36-84-37-35-73/h2-4,6-17,19-20,38-39,45,50,55,70H,5,18,21-37,40-43H2,1H3,(H,72,78)(H,71,77,79)/t50-,55?,63-/m1/s1. The molecule has 0 spiro atoms. The summed E-state index contributed by atoms with van der Waals surface area (Å²) in [7, 11) is -11.0. The summed E-state index contributed by atoms with van der Waals surface area (Å²) < 4.78 is 120. The monoisotopic (exact) mass is 1280 g/mol. The Morgan fingerprint density at radius 2 is 1.55 bits per heavy atom. The highest BCUT2D eigenvalue weighted by Gasteiger charge is 2.49. The number of benzene rings is 5. The molecule has 0 aromatic heterocycles. The number of alkyl halides is 3. The summed E-state index contributed by atoms with van der Waals surface area (Å²) in [5.41, 5.74) is -0.179. The van der Waals surface area contributed by atoms with Crippen molar-refractivity contribution < 1.29 is 53.5 Å². The van der Waals surface area contributed by atoms with Crippen LogP contribution in [0.15, 0.2) is 136 Å². The van der Waals surface area contributed by atoms with Gasteiger partial charge in [0.05, 0.1) is 23.1 Å². The predicted octanol–water partition coefficient (Wildman–Crippen LogP) is 10.7. The number of thioether (sulfide) groups is 1. The van der Waals surface area contributed by atoms with E-state index in [4.69, 9.17) is 16.3 Å². The number of ether oxygens (including phenoxy) is 1. The number of amides is 3. The summed E-state index contributed by atoms with van der Waals surface area (Å²) in [4.78, 5) is 46.2. The number of carbonyl (C=O) groups excluding carboxylic acids is 3. The van der Waals surface area contributed by atoms with E-state index in [0.717, 1.165) is 118 Å². The van der Waals surface area contributed by atoms with Crippen LogP contribution < -0.4 is 20.3 Å². The fraction of sp³-hybridized carbons (Fsp3) is 0.453. The molecule has 0 bridgehead atoms. The molecule has 10 rings (SSSR count). The molecule has 3 N–H and O–H groups in total. The van der Waals surface area contributed by atoms with Gasteiger partial charge in [0.15, 0.2) is 0 Å². The van der Waals surface area contributed by atoms with Gasteiger partial charge in [-0.1, -0.05) is 66.6 Å². The van der Waals surface area contributed by atoms with Crippen LogP contribution in [0, 0.1) is 11.2 Å². The zero-order valence-electron chi connectivity index (χ0n) is 48.6. The van der Waals surface area contributed by atoms with Gasteiger partial charge in [0.25, 0.3) is 25.8 Å². The second-order valence-electron chi connectivity index (χ2n) is 23.8. The molecule has 5 aliphatic rings. The van der Waals surface area contributed by atoms with Crippen molar-refractivity contribution in [2.45, 2.75) is 103 Å². The van der Waals surface area contributed by atoms with Crippen molar-refractivity contribution in [1.29, 1.82) is 0 Å². The molecular formula is C64H74ClF4N7O8S3. The maximum atomic E-state index is 15.4. The van der Waals surface area contributed by atoms with Crippen molar-refractivity contribution in [3.63, 3.8) is 0 Å². The van der Waals surface area contributed by atoms with Crippen molar-refractivity contribution >= 4 is 77.9 Å². The molecule has 1 aliphatic carbocycles. The lowest BCUT2D eigenvalue weighted by molar-refractivity contribution is -0.134. The maximum Gasteiger partial charge on any atom is 0.501 e. The minimum absolute atomic E-state index is 0.0156. The van der Waals surface area contributed by atoms with Crippen LogP contribution in [-0.2, 0) is 34.2 Å². The van der Waals surface area contributed by atoms with E-state index in [-0.39, 0.29) is 40.9 Å². The number of halogens is 5. The molecule has 5 aromatic rings. The Kier molecular flexibility index (Phi) is 20.6. The van der Waals surface area contributed by atoms with Crippen LogP contribution >= 0.6 is 23.4 Å². The Morgan fingerprint density at radius 3 is 2.26 bits per heavy atom. The molecule has 5 aromatic carbocycles. The smallest absolute Gasteiger partial charge is 0.380 e. The number of allylic oxidation sites excluding steroid dienone is 1. The van der Waals surface area contributed by atoms with Crippen LogP contribution in [0.5, 0.6) is 0 Å². The van der Waals surface area contributed by atoms with Crippen molar-refractivity contribution in [2.75, 3.05) is 101 Å². The van der Waals surface area contributed by atoms with E-state index >= 15 is 4.39 Å². The zero-order valence-corrected chi connectivity index (χ0v) is 51.8. The number of imide groups is 1. The van der Waals surface area contributed by atoms with Gasteiger partial charge in [-0.2, -0.15) is 13.2 Å². The first-order valence-electron chi connectivity index (χ1n) is 29.8. The number of carbonyl (C=O) groups is 3. The summed E-state index contributed by atoms with van der Waals surface area (Å²) in [6.07, 6.45) is 6.29. The van der Waals surface area contributed by atoms with E-state index in [1.165, 1.54) is 41.1 Å². The van der Waals surface area contributed by atoms with E-state index in [1.807, 2.05) is 53.3 Å². The van der Waals surface area contributed by atoms with Gasteiger partial charge in [-0.15, -0.1) is 11.8 Å². The van der Waals surface area contributed by atoms with Gasteiger partial charge in [-0.3, -0.25) is 24.6 Å². The summed E-state index contributed by atoms with van der Waals surface area (Å²) >= 11 is 7.80. The molecule has 1 unspecified atom stereocenters. The van der Waals surface area contributed by atoms with E-state index in [2.05, 4.69) is 49.3 Å². The number of nitrogens with one attached hydrogen (secondary N) is 3. The van der Waals surface area contributed by atoms with Crippen LogP contribution in [0.2, 0.25) is 5.02 Å². The number of hydrogen-bond acceptors (Lipinski definition) is 14. The molecule has 15 nitrogen and oxygen atoms in total. The number of nitrogens with zero attached hydrogens (tertiary/aromatic N) is 4. The number of rotatable bonds is 20. The van der Waals surface area contributed by atoms with Crippen LogP contribution in [0.25, 0.3) is 5.57 Å². The van der Waals surface area contributed by atoms with Crippen molar-refractivity contribution in [2.24, 2.45) is 5.41 Å². The molecule has 4 fully saturated rings. The summed E-state index contributed by atoms with van der Waals surface area (Å²) in [5.74, 6) is -2.03. The van der Waals surface area contributed by atoms with E-state index in [1.54, 1.807) is 18.2 Å². The third-order valence-corrected chi connectivity index (χ3v) is 21.8. The van der Waals surface area contributed by atoms with Crippen LogP contribution in [-0.4, -0.2) is 152 Å². The fourth-order valence-corrected chi connectivity index (χ4v) is 15.9. The Hall–Kier alpha value is -5.85. The van der Waals surface area contributed by atoms with Gasteiger partial charge in [0.1, 0.15) is 10.7 Å². The topological polar surface area (TPSA) is 178 Å². The molecule has 4 saturated heterocycles. The van der Waals surface area contributed by atoms with Crippen molar-refractivity contribution in [1.82, 2.24) is 24.7 Å². The highest BCUT2D eigenvalue weighted by molar-refractivity contribution is 7.99. The Bertz CT molecular complexity index is 3520. The summed E-state index contributed by atoms with van der Waals surface area (Å²) in [5, 5.41) is 6.11. The van der Waals surface area contributed by atoms with Crippen molar-refractivity contribution in [3.8, 4) is 0 Å². The first-order chi connectivity index (χ1) is 41.6. The average molecular weight is 1280 g/mol. The first kappa shape index (κ1) is 64.1. The molecule has 4 heterocycles. The molecule has 4 aliphatic heterocycles. The number of anilines is 2. The van der Waals surface area contributed by atoms with Gasteiger partial charge in [0.2, 0.25) is 11.8 Å². The summed E-state index contributed by atoms with van der Waals surface area (Å²) in [6, 6.07) is 30.6. The van der Waals surface area contributed by atoms with Crippen LogP contribution in [0.1, 0.15) is 104 Å². The van der Waals surface area contributed by atoms with E-state index < -0.39 is 58.7 Å². The van der Waals surface area contributed by atoms with E-state index in [0.29, 0.717) is 74.6 Å². The molecule has 466 valence electrons. The molecule has 0 radical (unpaired) electrons. The Labute approximate surface area is 516 Å². The van der Waals surface area contributed by atoms with E-state index in [9.17, 15) is 44.4 Å². The van der Waals surface area contributed by atoms with Gasteiger partial charge in [-0.25, -0.2) is 25.9 Å². The number of sulfonamides is 1. The molecule has 23 heteroatoms.